The van der Waals surface area contributed by atoms with Crippen molar-refractivity contribution in [2.24, 2.45) is 11.7 Å². The fraction of sp³-hybridized carbons (Fsp3) is 0.917. The number of ether oxygens (including phenoxy) is 1. The number of carbonyl (C=O) groups is 1. The van der Waals surface area contributed by atoms with Crippen LogP contribution in [0.4, 0.5) is 4.79 Å². The molecule has 1 aliphatic heterocycles. The van der Waals surface area contributed by atoms with Gasteiger partial charge in [-0.1, -0.05) is 0 Å². The summed E-state index contributed by atoms with van der Waals surface area (Å²) in [6, 6.07) is 0.00692. The Kier molecular flexibility index (Phi) is 4.77. The van der Waals surface area contributed by atoms with Crippen molar-refractivity contribution in [1.82, 2.24) is 10.2 Å². The lowest BCUT2D eigenvalue weighted by Crippen LogP contribution is -2.44. The minimum atomic E-state index is -0.457. The van der Waals surface area contributed by atoms with Gasteiger partial charge in [-0.3, -0.25) is 0 Å². The van der Waals surface area contributed by atoms with Crippen LogP contribution in [-0.2, 0) is 4.74 Å². The van der Waals surface area contributed by atoms with E-state index in [9.17, 15) is 4.79 Å². The van der Waals surface area contributed by atoms with Crippen molar-refractivity contribution in [2.45, 2.75) is 38.8 Å². The third-order valence-electron chi connectivity index (χ3n) is 2.91. The summed E-state index contributed by atoms with van der Waals surface area (Å²) < 4.78 is 5.16. The summed E-state index contributed by atoms with van der Waals surface area (Å²) in [7, 11) is 2.09. The minimum absolute atomic E-state index is 0.00692. The molecule has 1 fully saturated rings. The fourth-order valence-electron chi connectivity index (χ4n) is 2.00. The molecule has 0 aromatic heterocycles. The summed E-state index contributed by atoms with van der Waals surface area (Å²) in [5.74, 6) is 0.468. The molecule has 100 valence electrons. The molecule has 1 saturated heterocycles. The first-order chi connectivity index (χ1) is 7.78. The van der Waals surface area contributed by atoms with E-state index in [1.54, 1.807) is 0 Å². The zero-order valence-electron chi connectivity index (χ0n) is 11.3. The van der Waals surface area contributed by atoms with Crippen molar-refractivity contribution < 1.29 is 9.53 Å². The SMILES string of the molecule is CN1CCC(C(N)CNC(=O)OC(C)(C)C)C1. The number of nitrogens with two attached hydrogens (primary N) is 1. The Bertz CT molecular complexity index is 263. The van der Waals surface area contributed by atoms with Gasteiger partial charge < -0.3 is 20.7 Å². The summed E-state index contributed by atoms with van der Waals surface area (Å²) in [6.07, 6.45) is 0.715. The number of nitrogens with zero attached hydrogens (tertiary/aromatic N) is 1. The average Bonchev–Trinajstić information content (AvgIpc) is 2.58. The molecule has 1 aliphatic rings. The molecule has 2 unspecified atom stereocenters. The van der Waals surface area contributed by atoms with Gasteiger partial charge in [0, 0.05) is 19.1 Å². The van der Waals surface area contributed by atoms with Crippen LogP contribution in [0.3, 0.4) is 0 Å². The van der Waals surface area contributed by atoms with E-state index in [4.69, 9.17) is 10.5 Å². The standard InChI is InChI=1S/C12H25N3O2/c1-12(2,3)17-11(16)14-7-10(13)9-5-6-15(4)8-9/h9-10H,5-8,13H2,1-4H3,(H,14,16). The van der Waals surface area contributed by atoms with E-state index in [-0.39, 0.29) is 12.1 Å². The fourth-order valence-corrected chi connectivity index (χ4v) is 2.00. The number of hydrogen-bond acceptors (Lipinski definition) is 4. The molecule has 0 spiro atoms. The van der Waals surface area contributed by atoms with Crippen LogP contribution in [-0.4, -0.2) is 49.3 Å². The predicted molar refractivity (Wildman–Crippen MR) is 67.8 cm³/mol. The van der Waals surface area contributed by atoms with Crippen molar-refractivity contribution in [3.05, 3.63) is 0 Å². The Morgan fingerprint density at radius 2 is 2.24 bits per heavy atom. The van der Waals surface area contributed by atoms with Crippen LogP contribution in [0.2, 0.25) is 0 Å². The van der Waals surface area contributed by atoms with Crippen molar-refractivity contribution in [3.8, 4) is 0 Å². The average molecular weight is 243 g/mol. The van der Waals surface area contributed by atoms with Crippen molar-refractivity contribution in [3.63, 3.8) is 0 Å². The number of rotatable bonds is 3. The summed E-state index contributed by atoms with van der Waals surface area (Å²) in [5.41, 5.74) is 5.60. The third kappa shape index (κ3) is 5.37. The van der Waals surface area contributed by atoms with Crippen molar-refractivity contribution in [2.75, 3.05) is 26.7 Å². The highest BCUT2D eigenvalue weighted by Gasteiger charge is 2.26. The molecular weight excluding hydrogens is 218 g/mol. The Morgan fingerprint density at radius 3 is 2.71 bits per heavy atom. The highest BCUT2D eigenvalue weighted by Crippen LogP contribution is 2.16. The van der Waals surface area contributed by atoms with Crippen LogP contribution >= 0.6 is 0 Å². The summed E-state index contributed by atoms with van der Waals surface area (Å²) >= 11 is 0. The van der Waals surface area contributed by atoms with E-state index in [1.165, 1.54) is 0 Å². The van der Waals surface area contributed by atoms with Crippen LogP contribution in [0.25, 0.3) is 0 Å². The number of carbonyl (C=O) groups excluding carboxylic acids is 1. The number of hydrogen-bond donors (Lipinski definition) is 2. The Balaban J connectivity index is 2.24. The van der Waals surface area contributed by atoms with Gasteiger partial charge >= 0.3 is 6.09 Å². The lowest BCUT2D eigenvalue weighted by atomic mass is 10.00. The molecular formula is C12H25N3O2. The summed E-state index contributed by atoms with van der Waals surface area (Å²) in [5, 5.41) is 2.73. The topological polar surface area (TPSA) is 67.6 Å². The van der Waals surface area contributed by atoms with Gasteiger partial charge in [0.25, 0.3) is 0 Å². The van der Waals surface area contributed by atoms with Gasteiger partial charge in [0.2, 0.25) is 0 Å². The number of alkyl carbamates (subject to hydrolysis) is 1. The number of likely N-dealkylation sites (tertiary alicyclic amines) is 1. The van der Waals surface area contributed by atoms with Gasteiger partial charge in [-0.25, -0.2) is 4.79 Å². The maximum absolute atomic E-state index is 11.4. The molecule has 3 N–H and O–H groups in total. The first kappa shape index (κ1) is 14.3. The largest absolute Gasteiger partial charge is 0.444 e. The lowest BCUT2D eigenvalue weighted by Gasteiger charge is -2.22. The van der Waals surface area contributed by atoms with Crippen molar-refractivity contribution >= 4 is 6.09 Å². The predicted octanol–water partition coefficient (Wildman–Crippen LogP) is 0.790. The molecule has 5 nitrogen and oxygen atoms in total. The summed E-state index contributed by atoms with van der Waals surface area (Å²) in [6.45, 7) is 8.12. The third-order valence-corrected chi connectivity index (χ3v) is 2.91. The zero-order valence-corrected chi connectivity index (χ0v) is 11.3. The number of amides is 1. The van der Waals surface area contributed by atoms with E-state index in [0.717, 1.165) is 19.5 Å². The molecule has 0 radical (unpaired) electrons. The van der Waals surface area contributed by atoms with E-state index >= 15 is 0 Å². The Morgan fingerprint density at radius 1 is 1.59 bits per heavy atom. The van der Waals surface area contributed by atoms with E-state index < -0.39 is 5.60 Å². The lowest BCUT2D eigenvalue weighted by molar-refractivity contribution is 0.0521. The molecule has 0 bridgehead atoms. The zero-order chi connectivity index (χ0) is 13.1. The molecule has 5 heteroatoms. The minimum Gasteiger partial charge on any atom is -0.444 e. The highest BCUT2D eigenvalue weighted by molar-refractivity contribution is 5.67. The van der Waals surface area contributed by atoms with Crippen LogP contribution in [0.5, 0.6) is 0 Å². The molecule has 0 aromatic carbocycles. The monoisotopic (exact) mass is 243 g/mol. The number of nitrogens with one attached hydrogen (secondary N) is 1. The van der Waals surface area contributed by atoms with Gasteiger partial charge in [0.1, 0.15) is 5.60 Å². The van der Waals surface area contributed by atoms with Crippen molar-refractivity contribution in [1.29, 1.82) is 0 Å². The normalized spacial score (nSPS) is 23.5. The molecule has 0 aliphatic carbocycles. The second-order valence-corrected chi connectivity index (χ2v) is 5.86. The van der Waals surface area contributed by atoms with Gasteiger partial charge in [-0.2, -0.15) is 0 Å². The van der Waals surface area contributed by atoms with Crippen LogP contribution in [0, 0.1) is 5.92 Å². The maximum Gasteiger partial charge on any atom is 0.407 e. The van der Waals surface area contributed by atoms with Gasteiger partial charge in [-0.05, 0) is 46.7 Å². The molecule has 0 aromatic rings. The van der Waals surface area contributed by atoms with Gasteiger partial charge in [-0.15, -0.1) is 0 Å². The molecule has 1 amide bonds. The Hall–Kier alpha value is -0.810. The second-order valence-electron chi connectivity index (χ2n) is 5.86. The van der Waals surface area contributed by atoms with Gasteiger partial charge in [0.05, 0.1) is 0 Å². The quantitative estimate of drug-likeness (QED) is 0.769. The smallest absolute Gasteiger partial charge is 0.407 e. The van der Waals surface area contributed by atoms with Crippen LogP contribution in [0.1, 0.15) is 27.2 Å². The van der Waals surface area contributed by atoms with Crippen LogP contribution < -0.4 is 11.1 Å². The second kappa shape index (κ2) is 5.69. The van der Waals surface area contributed by atoms with Crippen LogP contribution in [0.15, 0.2) is 0 Å². The van der Waals surface area contributed by atoms with Gasteiger partial charge in [0.15, 0.2) is 0 Å². The molecule has 0 saturated carbocycles. The molecule has 2 atom stereocenters. The first-order valence-electron chi connectivity index (χ1n) is 6.19. The van der Waals surface area contributed by atoms with E-state index in [1.807, 2.05) is 20.8 Å². The molecule has 17 heavy (non-hydrogen) atoms. The Labute approximate surface area is 104 Å². The summed E-state index contributed by atoms with van der Waals surface area (Å²) in [4.78, 5) is 13.7. The molecule has 1 rings (SSSR count). The molecule has 1 heterocycles. The first-order valence-corrected chi connectivity index (χ1v) is 6.19. The van der Waals surface area contributed by atoms with E-state index in [0.29, 0.717) is 12.5 Å². The maximum atomic E-state index is 11.4. The van der Waals surface area contributed by atoms with E-state index in [2.05, 4.69) is 17.3 Å². The highest BCUT2D eigenvalue weighted by atomic mass is 16.6.